The second kappa shape index (κ2) is 7.68. The number of carbonyl (C=O) groups excluding carboxylic acids is 2. The molecule has 0 aromatic heterocycles. The highest BCUT2D eigenvalue weighted by atomic mass is 28.3. The van der Waals surface area contributed by atoms with Gasteiger partial charge in [-0.3, -0.25) is 9.59 Å². The van der Waals surface area contributed by atoms with E-state index in [2.05, 4.69) is 66.5 Å². The van der Waals surface area contributed by atoms with Crippen LogP contribution in [0.5, 0.6) is 5.75 Å². The van der Waals surface area contributed by atoms with Crippen LogP contribution in [0.25, 0.3) is 0 Å². The van der Waals surface area contributed by atoms with E-state index >= 15 is 0 Å². The van der Waals surface area contributed by atoms with Crippen molar-refractivity contribution in [3.05, 3.63) is 102 Å². The van der Waals surface area contributed by atoms with Gasteiger partial charge in [0, 0.05) is 17.1 Å². The van der Waals surface area contributed by atoms with Gasteiger partial charge in [0.15, 0.2) is 0 Å². The predicted molar refractivity (Wildman–Crippen MR) is 142 cm³/mol. The lowest BCUT2D eigenvalue weighted by molar-refractivity contribution is 0.0926. The largest absolute Gasteiger partial charge is 0.497 e. The highest BCUT2D eigenvalue weighted by molar-refractivity contribution is 7.02. The summed E-state index contributed by atoms with van der Waals surface area (Å²) in [6.07, 6.45) is 0. The molecule has 172 valence electrons. The summed E-state index contributed by atoms with van der Waals surface area (Å²) in [7, 11) is -0.313. The van der Waals surface area contributed by atoms with E-state index in [1.807, 2.05) is 12.1 Å². The van der Waals surface area contributed by atoms with E-state index in [1.54, 1.807) is 37.4 Å². The van der Waals surface area contributed by atoms with E-state index in [0.717, 1.165) is 17.1 Å². The number of ether oxygens (including phenoxy) is 1. The molecular weight excluding hydrogens is 452 g/mol. The molecule has 0 N–H and O–H groups in total. The highest BCUT2D eigenvalue weighted by Gasteiger charge is 2.40. The number of methoxy groups -OCH3 is 1. The lowest BCUT2D eigenvalue weighted by atomic mass is 10.1. The number of carbonyl (C=O) groups is 2. The molecule has 0 spiro atoms. The van der Waals surface area contributed by atoms with Crippen molar-refractivity contribution in [2.45, 2.75) is 13.1 Å². The van der Waals surface area contributed by atoms with Gasteiger partial charge in [-0.15, -0.1) is 0 Å². The Bertz CT molecular complexity index is 1460. The molecule has 0 fully saturated rings. The Morgan fingerprint density at radius 1 is 0.629 bits per heavy atom. The Morgan fingerprint density at radius 2 is 1.17 bits per heavy atom. The van der Waals surface area contributed by atoms with E-state index < -0.39 is 8.07 Å². The first-order valence-corrected chi connectivity index (χ1v) is 14.6. The molecule has 0 radical (unpaired) electrons. The average molecular weight is 477 g/mol. The molecule has 6 rings (SSSR count). The maximum Gasteiger partial charge on any atom is 0.266 e. The topological polar surface area (TPSA) is 49.9 Å². The Morgan fingerprint density at radius 3 is 1.77 bits per heavy atom. The SMILES string of the molecule is COc1ccc(N2C(=O)c3ccc(N4c5ccccc5[Si](C)(C)c5ccccc54)cc3C2=O)cc1. The minimum absolute atomic E-state index is 0.310. The summed E-state index contributed by atoms with van der Waals surface area (Å²) < 4.78 is 5.21. The summed E-state index contributed by atoms with van der Waals surface area (Å²) in [6, 6.07) is 29.5. The van der Waals surface area contributed by atoms with Gasteiger partial charge < -0.3 is 9.64 Å². The fourth-order valence-corrected chi connectivity index (χ4v) is 8.27. The minimum Gasteiger partial charge on any atom is -0.497 e. The molecule has 2 heterocycles. The summed E-state index contributed by atoms with van der Waals surface area (Å²) in [5.41, 5.74) is 4.49. The second-order valence-electron chi connectivity index (χ2n) is 9.37. The van der Waals surface area contributed by atoms with Gasteiger partial charge in [-0.05, 0) is 65.0 Å². The van der Waals surface area contributed by atoms with Crippen LogP contribution in [0, 0.1) is 0 Å². The van der Waals surface area contributed by atoms with Gasteiger partial charge in [-0.1, -0.05) is 49.5 Å². The van der Waals surface area contributed by atoms with Gasteiger partial charge in [0.25, 0.3) is 11.8 Å². The molecule has 4 aromatic rings. The molecule has 2 aliphatic heterocycles. The summed E-state index contributed by atoms with van der Waals surface area (Å²) in [5, 5.41) is 2.70. The van der Waals surface area contributed by atoms with Gasteiger partial charge in [-0.25, -0.2) is 4.90 Å². The van der Waals surface area contributed by atoms with Crippen LogP contribution in [0.1, 0.15) is 20.7 Å². The summed E-state index contributed by atoms with van der Waals surface area (Å²) in [6.45, 7) is 4.75. The van der Waals surface area contributed by atoms with Crippen molar-refractivity contribution in [2.75, 3.05) is 16.9 Å². The first kappa shape index (κ1) is 21.4. The maximum atomic E-state index is 13.5. The molecular formula is C29H24N2O3Si. The van der Waals surface area contributed by atoms with Crippen molar-refractivity contribution in [3.63, 3.8) is 0 Å². The van der Waals surface area contributed by atoms with Crippen LogP contribution < -0.4 is 24.9 Å². The van der Waals surface area contributed by atoms with Gasteiger partial charge in [0.1, 0.15) is 13.8 Å². The highest BCUT2D eigenvalue weighted by Crippen LogP contribution is 2.40. The van der Waals surface area contributed by atoms with Crippen molar-refractivity contribution in [1.82, 2.24) is 0 Å². The lowest BCUT2D eigenvalue weighted by Crippen LogP contribution is -2.58. The fourth-order valence-electron chi connectivity index (χ4n) is 5.28. The van der Waals surface area contributed by atoms with Crippen LogP contribution in [0.4, 0.5) is 22.7 Å². The van der Waals surface area contributed by atoms with Crippen LogP contribution in [-0.4, -0.2) is 27.0 Å². The number of anilines is 4. The Hall–Kier alpha value is -4.16. The predicted octanol–water partition coefficient (Wildman–Crippen LogP) is 5.10. The molecule has 0 bridgehead atoms. The summed E-state index contributed by atoms with van der Waals surface area (Å²) in [5.74, 6) is 0.0431. The van der Waals surface area contributed by atoms with Gasteiger partial charge in [0.2, 0.25) is 0 Å². The zero-order valence-corrected chi connectivity index (χ0v) is 20.8. The normalized spacial score (nSPS) is 15.5. The molecule has 4 aromatic carbocycles. The molecule has 2 amide bonds. The number of para-hydroxylation sites is 2. The number of benzene rings is 4. The number of fused-ring (bicyclic) bond motifs is 3. The van der Waals surface area contributed by atoms with Crippen LogP contribution in [0.2, 0.25) is 13.1 Å². The molecule has 0 unspecified atom stereocenters. The Balaban J connectivity index is 1.48. The van der Waals surface area contributed by atoms with Crippen molar-refractivity contribution < 1.29 is 14.3 Å². The number of nitrogens with zero attached hydrogens (tertiary/aromatic N) is 2. The average Bonchev–Trinajstić information content (AvgIpc) is 3.13. The van der Waals surface area contributed by atoms with Crippen LogP contribution in [-0.2, 0) is 0 Å². The third-order valence-electron chi connectivity index (χ3n) is 7.10. The number of amides is 2. The smallest absolute Gasteiger partial charge is 0.266 e. The van der Waals surface area contributed by atoms with E-state index in [1.165, 1.54) is 15.3 Å². The monoisotopic (exact) mass is 476 g/mol. The Kier molecular flexibility index (Phi) is 4.69. The summed E-state index contributed by atoms with van der Waals surface area (Å²) >= 11 is 0. The zero-order chi connectivity index (χ0) is 24.3. The van der Waals surface area contributed by atoms with Crippen LogP contribution >= 0.6 is 0 Å². The van der Waals surface area contributed by atoms with E-state index in [0.29, 0.717) is 22.6 Å². The fraction of sp³-hybridized carbons (Fsp3) is 0.103. The molecule has 0 aliphatic carbocycles. The van der Waals surface area contributed by atoms with Gasteiger partial charge in [-0.2, -0.15) is 0 Å². The van der Waals surface area contributed by atoms with Crippen molar-refractivity contribution in [2.24, 2.45) is 0 Å². The standard InChI is InChI=1S/C29H24N2O3Si/c1-34-21-15-12-19(13-16-21)31-28(32)22-17-14-20(18-23(22)29(31)33)30-24-8-4-6-10-26(24)35(2,3)27-11-7-5-9-25(27)30/h4-18H,1-3H3. The van der Waals surface area contributed by atoms with Crippen molar-refractivity contribution in [1.29, 1.82) is 0 Å². The molecule has 5 nitrogen and oxygen atoms in total. The van der Waals surface area contributed by atoms with Gasteiger partial charge >= 0.3 is 0 Å². The summed E-state index contributed by atoms with van der Waals surface area (Å²) in [4.78, 5) is 30.1. The molecule has 35 heavy (non-hydrogen) atoms. The maximum absolute atomic E-state index is 13.5. The molecule has 6 heteroatoms. The Labute approximate surface area is 205 Å². The minimum atomic E-state index is -1.90. The molecule has 0 atom stereocenters. The van der Waals surface area contributed by atoms with Crippen LogP contribution in [0.3, 0.4) is 0 Å². The zero-order valence-electron chi connectivity index (χ0n) is 19.8. The number of hydrogen-bond donors (Lipinski definition) is 0. The van der Waals surface area contributed by atoms with Crippen molar-refractivity contribution in [3.8, 4) is 5.75 Å². The quantitative estimate of drug-likeness (QED) is 0.305. The number of rotatable bonds is 3. The van der Waals surface area contributed by atoms with Crippen molar-refractivity contribution >= 4 is 53.0 Å². The van der Waals surface area contributed by atoms with Gasteiger partial charge in [0.05, 0.1) is 23.9 Å². The number of hydrogen-bond acceptors (Lipinski definition) is 4. The molecule has 0 saturated carbocycles. The van der Waals surface area contributed by atoms with E-state index in [9.17, 15) is 9.59 Å². The molecule has 0 saturated heterocycles. The van der Waals surface area contributed by atoms with E-state index in [-0.39, 0.29) is 11.8 Å². The number of imide groups is 1. The van der Waals surface area contributed by atoms with Crippen LogP contribution in [0.15, 0.2) is 91.0 Å². The van der Waals surface area contributed by atoms with E-state index in [4.69, 9.17) is 4.74 Å². The third-order valence-corrected chi connectivity index (χ3v) is 10.6. The first-order chi connectivity index (χ1) is 16.9. The lowest BCUT2D eigenvalue weighted by Gasteiger charge is -2.41. The first-order valence-electron chi connectivity index (χ1n) is 11.6. The third kappa shape index (κ3) is 3.07. The molecule has 2 aliphatic rings. The second-order valence-corrected chi connectivity index (χ2v) is 13.7.